The Labute approximate surface area is 136 Å². The first-order chi connectivity index (χ1) is 11.0. The number of carbonyl (C=O) groups excluding carboxylic acids is 1. The summed E-state index contributed by atoms with van der Waals surface area (Å²) >= 11 is 0. The Balaban J connectivity index is 2.27. The van der Waals surface area contributed by atoms with E-state index >= 15 is 0 Å². The summed E-state index contributed by atoms with van der Waals surface area (Å²) in [6.07, 6.45) is 1.29. The first-order valence-electron chi connectivity index (χ1n) is 7.73. The number of nitrogens with zero attached hydrogens (tertiary/aromatic N) is 2. The summed E-state index contributed by atoms with van der Waals surface area (Å²) in [7, 11) is 1.60. The monoisotopic (exact) mass is 317 g/mol. The number of rotatable bonds is 7. The molecule has 0 spiro atoms. The lowest BCUT2D eigenvalue weighted by molar-refractivity contribution is -0.121. The highest BCUT2D eigenvalue weighted by Crippen LogP contribution is 2.28. The average Bonchev–Trinajstić information content (AvgIpc) is 2.97. The second kappa shape index (κ2) is 7.76. The van der Waals surface area contributed by atoms with Crippen molar-refractivity contribution < 1.29 is 14.1 Å². The molecule has 0 radical (unpaired) electrons. The topological polar surface area (TPSA) is 77.2 Å². The third-order valence-corrected chi connectivity index (χ3v) is 3.51. The number of hydrogen-bond acceptors (Lipinski definition) is 5. The third kappa shape index (κ3) is 4.55. The number of amides is 1. The van der Waals surface area contributed by atoms with Gasteiger partial charge in [0, 0.05) is 18.9 Å². The normalized spacial score (nSPS) is 12.2. The Morgan fingerprint density at radius 3 is 2.70 bits per heavy atom. The second-order valence-electron chi connectivity index (χ2n) is 5.85. The highest BCUT2D eigenvalue weighted by atomic mass is 16.5. The summed E-state index contributed by atoms with van der Waals surface area (Å²) in [5.41, 5.74) is 0.800. The molecular formula is C17H23N3O3. The van der Waals surface area contributed by atoms with E-state index in [9.17, 15) is 4.79 Å². The molecule has 0 aliphatic heterocycles. The number of methoxy groups -OCH3 is 1. The summed E-state index contributed by atoms with van der Waals surface area (Å²) in [6.45, 7) is 5.90. The van der Waals surface area contributed by atoms with E-state index in [4.69, 9.17) is 9.26 Å². The highest BCUT2D eigenvalue weighted by molar-refractivity contribution is 5.77. The maximum Gasteiger partial charge on any atom is 0.223 e. The second-order valence-corrected chi connectivity index (χ2v) is 5.85. The number of para-hydroxylation sites is 1. The molecular weight excluding hydrogens is 294 g/mol. The van der Waals surface area contributed by atoms with Crippen molar-refractivity contribution in [1.82, 2.24) is 15.5 Å². The molecule has 1 heterocycles. The van der Waals surface area contributed by atoms with Crippen molar-refractivity contribution in [3.8, 4) is 5.75 Å². The smallest absolute Gasteiger partial charge is 0.223 e. The molecule has 0 saturated heterocycles. The van der Waals surface area contributed by atoms with Gasteiger partial charge >= 0.3 is 0 Å². The molecule has 0 fully saturated rings. The first-order valence-corrected chi connectivity index (χ1v) is 7.73. The van der Waals surface area contributed by atoms with Crippen LogP contribution in [0.2, 0.25) is 0 Å². The van der Waals surface area contributed by atoms with Gasteiger partial charge in [-0.1, -0.05) is 37.2 Å². The summed E-state index contributed by atoms with van der Waals surface area (Å²) in [5.74, 6) is 1.97. The molecule has 23 heavy (non-hydrogen) atoms. The molecule has 1 aromatic carbocycles. The van der Waals surface area contributed by atoms with E-state index in [2.05, 4.69) is 29.3 Å². The average molecular weight is 317 g/mol. The number of carbonyl (C=O) groups is 1. The summed E-state index contributed by atoms with van der Waals surface area (Å²) < 4.78 is 10.5. The third-order valence-electron chi connectivity index (χ3n) is 3.51. The number of ether oxygens (including phenoxy) is 1. The van der Waals surface area contributed by atoms with Gasteiger partial charge in [-0.2, -0.15) is 4.98 Å². The van der Waals surface area contributed by atoms with Crippen LogP contribution in [0, 0.1) is 12.8 Å². The van der Waals surface area contributed by atoms with Gasteiger partial charge < -0.3 is 14.6 Å². The molecule has 1 aromatic heterocycles. The maximum atomic E-state index is 12.3. The first kappa shape index (κ1) is 17.0. The standard InChI is InChI=1S/C17H23N3O3/c1-11(2)9-10-15(21)19-16(17-18-12(3)23-20-17)13-7-5-6-8-14(13)22-4/h5-8,11,16H,9-10H2,1-4H3,(H,19,21). The van der Waals surface area contributed by atoms with Gasteiger partial charge in [0.25, 0.3) is 0 Å². The molecule has 0 bridgehead atoms. The van der Waals surface area contributed by atoms with Crippen LogP contribution in [0.3, 0.4) is 0 Å². The predicted octanol–water partition coefficient (Wildman–Crippen LogP) is 3.03. The summed E-state index contributed by atoms with van der Waals surface area (Å²) in [6, 6.07) is 7.00. The van der Waals surface area contributed by atoms with Gasteiger partial charge in [-0.25, -0.2) is 0 Å². The van der Waals surface area contributed by atoms with Gasteiger partial charge in [-0.15, -0.1) is 0 Å². The largest absolute Gasteiger partial charge is 0.496 e. The van der Waals surface area contributed by atoms with Crippen molar-refractivity contribution in [2.24, 2.45) is 5.92 Å². The zero-order valence-corrected chi connectivity index (χ0v) is 14.0. The van der Waals surface area contributed by atoms with E-state index in [-0.39, 0.29) is 5.91 Å². The van der Waals surface area contributed by atoms with Crippen LogP contribution in [0.5, 0.6) is 5.75 Å². The van der Waals surface area contributed by atoms with Crippen molar-refractivity contribution in [3.05, 3.63) is 41.5 Å². The van der Waals surface area contributed by atoms with Crippen molar-refractivity contribution in [2.45, 2.75) is 39.7 Å². The van der Waals surface area contributed by atoms with Crippen LogP contribution in [0.15, 0.2) is 28.8 Å². The van der Waals surface area contributed by atoms with Crippen molar-refractivity contribution in [2.75, 3.05) is 7.11 Å². The minimum Gasteiger partial charge on any atom is -0.496 e. The van der Waals surface area contributed by atoms with Crippen molar-refractivity contribution >= 4 is 5.91 Å². The number of benzene rings is 1. The van der Waals surface area contributed by atoms with E-state index in [0.717, 1.165) is 12.0 Å². The number of aromatic nitrogens is 2. The van der Waals surface area contributed by atoms with E-state index in [1.165, 1.54) is 0 Å². The fourth-order valence-corrected chi connectivity index (χ4v) is 2.27. The van der Waals surface area contributed by atoms with E-state index in [1.54, 1.807) is 14.0 Å². The zero-order valence-electron chi connectivity index (χ0n) is 14.0. The Hall–Kier alpha value is -2.37. The fourth-order valence-electron chi connectivity index (χ4n) is 2.27. The molecule has 0 aliphatic carbocycles. The quantitative estimate of drug-likeness (QED) is 0.849. The minimum absolute atomic E-state index is 0.0444. The molecule has 0 saturated carbocycles. The molecule has 1 N–H and O–H groups in total. The lowest BCUT2D eigenvalue weighted by atomic mass is 10.0. The molecule has 6 heteroatoms. The predicted molar refractivity (Wildman–Crippen MR) is 86.1 cm³/mol. The Kier molecular flexibility index (Phi) is 5.73. The van der Waals surface area contributed by atoms with Crippen LogP contribution < -0.4 is 10.1 Å². The molecule has 2 rings (SSSR count). The minimum atomic E-state index is -0.497. The molecule has 1 amide bonds. The molecule has 0 aliphatic rings. The SMILES string of the molecule is COc1ccccc1C(NC(=O)CCC(C)C)c1noc(C)n1. The van der Waals surface area contributed by atoms with E-state index in [0.29, 0.717) is 29.8 Å². The molecule has 1 atom stereocenters. The van der Waals surface area contributed by atoms with Gasteiger partial charge in [-0.3, -0.25) is 4.79 Å². The van der Waals surface area contributed by atoms with Gasteiger partial charge in [0.2, 0.25) is 11.8 Å². The van der Waals surface area contributed by atoms with Crippen molar-refractivity contribution in [1.29, 1.82) is 0 Å². The number of hydrogen-bond donors (Lipinski definition) is 1. The summed E-state index contributed by atoms with van der Waals surface area (Å²) in [4.78, 5) is 16.5. The lowest BCUT2D eigenvalue weighted by Gasteiger charge is -2.18. The molecule has 124 valence electrons. The zero-order chi connectivity index (χ0) is 16.8. The van der Waals surface area contributed by atoms with E-state index < -0.39 is 6.04 Å². The lowest BCUT2D eigenvalue weighted by Crippen LogP contribution is -2.30. The highest BCUT2D eigenvalue weighted by Gasteiger charge is 2.24. The number of nitrogens with one attached hydrogen (secondary N) is 1. The van der Waals surface area contributed by atoms with E-state index in [1.807, 2.05) is 24.3 Å². The Bertz CT molecular complexity index is 652. The number of aryl methyl sites for hydroxylation is 1. The van der Waals surface area contributed by atoms with Crippen LogP contribution in [0.4, 0.5) is 0 Å². The maximum absolute atomic E-state index is 12.3. The van der Waals surface area contributed by atoms with Crippen LogP contribution >= 0.6 is 0 Å². The van der Waals surface area contributed by atoms with Crippen LogP contribution in [0.25, 0.3) is 0 Å². The van der Waals surface area contributed by atoms with Gasteiger partial charge in [0.15, 0.2) is 5.82 Å². The van der Waals surface area contributed by atoms with Crippen molar-refractivity contribution in [3.63, 3.8) is 0 Å². The van der Waals surface area contributed by atoms with Gasteiger partial charge in [-0.05, 0) is 18.4 Å². The Morgan fingerprint density at radius 1 is 1.35 bits per heavy atom. The Morgan fingerprint density at radius 2 is 2.09 bits per heavy atom. The fraction of sp³-hybridized carbons (Fsp3) is 0.471. The van der Waals surface area contributed by atoms with Gasteiger partial charge in [0.1, 0.15) is 11.8 Å². The van der Waals surface area contributed by atoms with Crippen LogP contribution in [-0.4, -0.2) is 23.2 Å². The molecule has 1 unspecified atom stereocenters. The molecule has 6 nitrogen and oxygen atoms in total. The van der Waals surface area contributed by atoms with Crippen LogP contribution in [0.1, 0.15) is 50.0 Å². The van der Waals surface area contributed by atoms with Gasteiger partial charge in [0.05, 0.1) is 7.11 Å². The van der Waals surface area contributed by atoms with Crippen LogP contribution in [-0.2, 0) is 4.79 Å². The summed E-state index contributed by atoms with van der Waals surface area (Å²) in [5, 5.41) is 6.95. The molecule has 2 aromatic rings.